The minimum atomic E-state index is -2.88. The Kier molecular flexibility index (Phi) is 9.86. The van der Waals surface area contributed by atoms with E-state index < -0.39 is 38.1 Å². The SMILES string of the molecule is C=C(C)[C@H]1CC[C@@]2(C)S[P@@](=S)(O[C@H]3C[C@H](n4ccc(N)nc4=O)O[C@@H]3CO[Si](c3ccccc3)(c3ccccc3)C(C)(C)C)O[C@@H]2C1. The van der Waals surface area contributed by atoms with Gasteiger partial charge in [-0.3, -0.25) is 4.57 Å². The first-order chi connectivity index (χ1) is 22.2. The molecule has 8 nitrogen and oxygen atoms in total. The summed E-state index contributed by atoms with van der Waals surface area (Å²) in [5, 5.41) is 2.13. The molecule has 0 bridgehead atoms. The van der Waals surface area contributed by atoms with Gasteiger partial charge in [-0.2, -0.15) is 4.98 Å². The molecular formula is C35H46N3O5PS2Si. The van der Waals surface area contributed by atoms with Crippen LogP contribution in [0.3, 0.4) is 0 Å². The van der Waals surface area contributed by atoms with Crippen LogP contribution >= 0.6 is 17.1 Å². The van der Waals surface area contributed by atoms with Crippen molar-refractivity contribution in [3.8, 4) is 0 Å². The van der Waals surface area contributed by atoms with Crippen LogP contribution in [0, 0.1) is 5.92 Å². The largest absolute Gasteiger partial charge is 0.405 e. The molecule has 0 amide bonds. The van der Waals surface area contributed by atoms with Crippen LogP contribution in [0.4, 0.5) is 5.82 Å². The van der Waals surface area contributed by atoms with Gasteiger partial charge in [-0.05, 0) is 72.3 Å². The molecule has 1 aromatic heterocycles. The maximum absolute atomic E-state index is 12.9. The van der Waals surface area contributed by atoms with E-state index >= 15 is 0 Å². The minimum absolute atomic E-state index is 0.00243. The quantitative estimate of drug-likeness (QED) is 0.150. The first kappa shape index (κ1) is 34.8. The van der Waals surface area contributed by atoms with Gasteiger partial charge < -0.3 is 23.9 Å². The Balaban J connectivity index is 1.33. The Bertz CT molecular complexity index is 1660. The lowest BCUT2D eigenvalue weighted by Crippen LogP contribution is -2.67. The summed E-state index contributed by atoms with van der Waals surface area (Å²) < 4.78 is 28.9. The number of nitrogens with zero attached hydrogens (tertiary/aromatic N) is 2. The van der Waals surface area contributed by atoms with Crippen LogP contribution in [0.15, 0.2) is 89.9 Å². The summed E-state index contributed by atoms with van der Waals surface area (Å²) in [5.74, 6) is 0.589. The predicted molar refractivity (Wildman–Crippen MR) is 197 cm³/mol. The lowest BCUT2D eigenvalue weighted by atomic mass is 9.77. The van der Waals surface area contributed by atoms with Gasteiger partial charge in [0.15, 0.2) is 0 Å². The van der Waals surface area contributed by atoms with Crippen LogP contribution in [0.25, 0.3) is 0 Å². The minimum Gasteiger partial charge on any atom is -0.405 e. The second kappa shape index (κ2) is 13.3. The molecule has 2 saturated heterocycles. The monoisotopic (exact) mass is 711 g/mol. The average molecular weight is 712 g/mol. The molecule has 3 heterocycles. The van der Waals surface area contributed by atoms with Crippen molar-refractivity contribution in [1.29, 1.82) is 0 Å². The number of allylic oxidation sites excluding steroid dienone is 1. The third-order valence-electron chi connectivity index (χ3n) is 9.93. The van der Waals surface area contributed by atoms with Gasteiger partial charge in [0.05, 0.1) is 18.8 Å². The number of fused-ring (bicyclic) bond motifs is 1. The third kappa shape index (κ3) is 6.88. The van der Waals surface area contributed by atoms with E-state index in [2.05, 4.69) is 94.7 Å². The Morgan fingerprint density at radius 3 is 2.36 bits per heavy atom. The van der Waals surface area contributed by atoms with E-state index in [0.717, 1.165) is 19.3 Å². The lowest BCUT2D eigenvalue weighted by molar-refractivity contribution is -0.0393. The molecule has 3 fully saturated rings. The molecule has 2 aromatic carbocycles. The number of hydrogen-bond donors (Lipinski definition) is 1. The van der Waals surface area contributed by atoms with E-state index in [0.29, 0.717) is 12.3 Å². The summed E-state index contributed by atoms with van der Waals surface area (Å²) in [6, 6.07) is 22.6. The number of ether oxygens (including phenoxy) is 1. The van der Waals surface area contributed by atoms with Crippen LogP contribution < -0.4 is 21.8 Å². The average Bonchev–Trinajstić information content (AvgIpc) is 3.53. The zero-order valence-electron chi connectivity index (χ0n) is 27.8. The molecule has 2 N–H and O–H groups in total. The fourth-order valence-corrected chi connectivity index (χ4v) is 19.5. The van der Waals surface area contributed by atoms with Gasteiger partial charge in [0, 0.05) is 17.4 Å². The molecule has 1 aliphatic carbocycles. The maximum atomic E-state index is 12.9. The van der Waals surface area contributed by atoms with Gasteiger partial charge >= 0.3 is 5.69 Å². The lowest BCUT2D eigenvalue weighted by Gasteiger charge is -2.43. The molecule has 0 unspecified atom stereocenters. The zero-order chi connectivity index (χ0) is 33.6. The molecule has 47 heavy (non-hydrogen) atoms. The molecule has 0 spiro atoms. The van der Waals surface area contributed by atoms with Crippen molar-refractivity contribution in [2.75, 3.05) is 12.3 Å². The number of nitrogens with two attached hydrogens (primary N) is 1. The van der Waals surface area contributed by atoms with Crippen LogP contribution in [0.2, 0.25) is 5.04 Å². The normalized spacial score (nSPS) is 31.0. The van der Waals surface area contributed by atoms with E-state index in [1.54, 1.807) is 23.6 Å². The zero-order valence-corrected chi connectivity index (χ0v) is 31.4. The van der Waals surface area contributed by atoms with E-state index in [9.17, 15) is 4.79 Å². The highest BCUT2D eigenvalue weighted by molar-refractivity contribution is 8.68. The van der Waals surface area contributed by atoms with Crippen LogP contribution in [0.5, 0.6) is 0 Å². The molecule has 2 aliphatic heterocycles. The highest BCUT2D eigenvalue weighted by Gasteiger charge is 2.56. The van der Waals surface area contributed by atoms with Crippen molar-refractivity contribution in [2.24, 2.45) is 5.92 Å². The smallest absolute Gasteiger partial charge is 0.351 e. The van der Waals surface area contributed by atoms with E-state index in [1.165, 1.54) is 20.5 Å². The summed E-state index contributed by atoms with van der Waals surface area (Å²) >= 11 is 7.93. The summed E-state index contributed by atoms with van der Waals surface area (Å²) in [6.07, 6.45) is 3.43. The molecule has 6 rings (SSSR count). The second-order valence-electron chi connectivity index (χ2n) is 14.3. The van der Waals surface area contributed by atoms with E-state index in [1.807, 2.05) is 12.1 Å². The molecule has 1 saturated carbocycles. The number of nitrogen functional groups attached to an aromatic ring is 1. The number of hydrogen-bond acceptors (Lipinski definition) is 9. The summed E-state index contributed by atoms with van der Waals surface area (Å²) in [7, 11) is -2.88. The van der Waals surface area contributed by atoms with Crippen LogP contribution in [-0.4, -0.2) is 47.5 Å². The highest BCUT2D eigenvalue weighted by Crippen LogP contribution is 2.76. The van der Waals surface area contributed by atoms with Crippen molar-refractivity contribution in [2.45, 2.75) is 94.6 Å². The number of anilines is 1. The highest BCUT2D eigenvalue weighted by atomic mass is 32.9. The van der Waals surface area contributed by atoms with Crippen molar-refractivity contribution < 1.29 is 18.2 Å². The second-order valence-corrected chi connectivity index (χ2v) is 25.2. The van der Waals surface area contributed by atoms with Gasteiger partial charge in [-0.15, -0.1) is 0 Å². The van der Waals surface area contributed by atoms with Gasteiger partial charge in [-0.1, -0.05) is 105 Å². The van der Waals surface area contributed by atoms with Gasteiger partial charge in [0.2, 0.25) is 5.69 Å². The van der Waals surface area contributed by atoms with Crippen molar-refractivity contribution in [1.82, 2.24) is 9.55 Å². The van der Waals surface area contributed by atoms with Gasteiger partial charge in [-0.25, -0.2) is 4.79 Å². The first-order valence-electron chi connectivity index (χ1n) is 16.3. The Morgan fingerprint density at radius 2 is 1.79 bits per heavy atom. The van der Waals surface area contributed by atoms with Crippen LogP contribution in [-0.2, 0) is 30.0 Å². The third-order valence-corrected chi connectivity index (χ3v) is 20.7. The summed E-state index contributed by atoms with van der Waals surface area (Å²) in [5.41, 5.74) is 3.77. The van der Waals surface area contributed by atoms with E-state index in [-0.39, 0.29) is 28.3 Å². The standard InChI is InChI=1S/C35H46N3O5PS2Si/c1-24(2)25-17-19-35(6)30(21-25)43-44(45,46-35)42-28-22-32(38-20-18-31(36)37-33(38)39)41-29(28)23-40-47(34(3,4)5,26-13-9-7-10-14-26)27-15-11-8-12-16-27/h7-16,18,20,25,28-30,32H,1,17,19,21-23H2,2-6H3,(H2,36,37,39)/t25-,28-,29+,30+,32+,35+,44-/m0/s1. The molecular weight excluding hydrogens is 666 g/mol. The van der Waals surface area contributed by atoms with Gasteiger partial charge in [0.1, 0.15) is 18.1 Å². The molecule has 252 valence electrons. The molecule has 7 atom stereocenters. The molecule has 12 heteroatoms. The summed E-state index contributed by atoms with van der Waals surface area (Å²) in [4.78, 5) is 16.9. The predicted octanol–water partition coefficient (Wildman–Crippen LogP) is 6.57. The van der Waals surface area contributed by atoms with E-state index in [4.69, 9.17) is 35.8 Å². The van der Waals surface area contributed by atoms with Crippen LogP contribution in [0.1, 0.15) is 66.5 Å². The Labute approximate surface area is 288 Å². The first-order valence-corrected chi connectivity index (χ1v) is 22.3. The molecule has 0 radical (unpaired) electrons. The number of benzene rings is 2. The number of rotatable bonds is 9. The topological polar surface area (TPSA) is 97.8 Å². The fraction of sp³-hybridized carbons (Fsp3) is 0.486. The fourth-order valence-electron chi connectivity index (χ4n) is 7.34. The van der Waals surface area contributed by atoms with Crippen molar-refractivity contribution in [3.63, 3.8) is 0 Å². The van der Waals surface area contributed by atoms with Crippen molar-refractivity contribution >= 4 is 53.4 Å². The molecule has 3 aromatic rings. The van der Waals surface area contributed by atoms with Gasteiger partial charge in [0.25, 0.3) is 8.32 Å². The van der Waals surface area contributed by atoms with Crippen molar-refractivity contribution in [3.05, 3.63) is 95.6 Å². The number of aromatic nitrogens is 2. The summed E-state index contributed by atoms with van der Waals surface area (Å²) in [6.45, 7) is 15.6. The Morgan fingerprint density at radius 1 is 1.15 bits per heavy atom. The molecule has 3 aliphatic rings. The maximum Gasteiger partial charge on any atom is 0.351 e. The Hall–Kier alpha value is -2.08.